The molecule has 110 valence electrons. The molecule has 1 amide bonds. The summed E-state index contributed by atoms with van der Waals surface area (Å²) < 4.78 is 5.07. The van der Waals surface area contributed by atoms with E-state index in [9.17, 15) is 9.90 Å². The van der Waals surface area contributed by atoms with Gasteiger partial charge >= 0.3 is 0 Å². The Morgan fingerprint density at radius 3 is 2.45 bits per heavy atom. The number of hydrogen-bond donors (Lipinski definition) is 2. The molecule has 1 aliphatic rings. The van der Waals surface area contributed by atoms with Crippen LogP contribution in [0.15, 0.2) is 24.3 Å². The third-order valence-electron chi connectivity index (χ3n) is 3.57. The van der Waals surface area contributed by atoms with Crippen LogP contribution in [0, 0.1) is 0 Å². The van der Waals surface area contributed by atoms with E-state index in [1.807, 2.05) is 0 Å². The van der Waals surface area contributed by atoms with Gasteiger partial charge in [-0.2, -0.15) is 0 Å². The molecule has 1 fully saturated rings. The minimum Gasteiger partial charge on any atom is -0.497 e. The quantitative estimate of drug-likeness (QED) is 0.808. The van der Waals surface area contributed by atoms with Gasteiger partial charge in [-0.25, -0.2) is 4.84 Å². The average molecular weight is 299 g/mol. The van der Waals surface area contributed by atoms with Gasteiger partial charge in [-0.05, 0) is 42.3 Å². The maximum Gasteiger partial charge on any atom is 0.244 e. The van der Waals surface area contributed by atoms with Crippen LogP contribution < -0.4 is 9.57 Å². The lowest BCUT2D eigenvalue weighted by atomic mass is 10.0. The minimum atomic E-state index is -0.994. The number of rotatable bonds is 5. The van der Waals surface area contributed by atoms with E-state index in [2.05, 4.69) is 4.84 Å². The van der Waals surface area contributed by atoms with Crippen molar-refractivity contribution in [2.24, 2.45) is 0 Å². The first-order chi connectivity index (χ1) is 9.67. The number of aliphatic hydroxyl groups excluding tert-OH is 1. The predicted molar refractivity (Wildman–Crippen MR) is 76.5 cm³/mol. The van der Waals surface area contributed by atoms with Crippen LogP contribution in [0.4, 0.5) is 0 Å². The Morgan fingerprint density at radius 2 is 1.95 bits per heavy atom. The Bertz CT molecular complexity index is 446. The van der Waals surface area contributed by atoms with Gasteiger partial charge in [-0.3, -0.25) is 4.79 Å². The van der Waals surface area contributed by atoms with E-state index >= 15 is 0 Å². The summed E-state index contributed by atoms with van der Waals surface area (Å²) in [6.45, 7) is 1.45. The number of benzene rings is 1. The van der Waals surface area contributed by atoms with Crippen LogP contribution in [0.3, 0.4) is 0 Å². The largest absolute Gasteiger partial charge is 0.497 e. The molecule has 0 saturated carbocycles. The van der Waals surface area contributed by atoms with Gasteiger partial charge in [0.05, 0.1) is 7.11 Å². The number of carbonyl (C=O) groups is 1. The number of halogens is 1. The van der Waals surface area contributed by atoms with Crippen molar-refractivity contribution in [3.05, 3.63) is 29.8 Å². The van der Waals surface area contributed by atoms with Crippen molar-refractivity contribution in [3.63, 3.8) is 0 Å². The topological polar surface area (TPSA) is 61.8 Å². The Hall–Kier alpha value is -1.30. The third kappa shape index (κ3) is 3.23. The number of nitrogens with one attached hydrogen (secondary N) is 1. The lowest BCUT2D eigenvalue weighted by molar-refractivity contribution is -0.134. The van der Waals surface area contributed by atoms with Crippen LogP contribution in [-0.2, 0) is 4.79 Å². The highest BCUT2D eigenvalue weighted by atomic mass is 35.5. The molecule has 0 aliphatic carbocycles. The average Bonchev–Trinajstić information content (AvgIpc) is 3.02. The lowest BCUT2D eigenvalue weighted by Gasteiger charge is -2.25. The number of likely N-dealkylation sites (tertiary alicyclic amines) is 1. The van der Waals surface area contributed by atoms with Crippen molar-refractivity contribution in [2.45, 2.75) is 25.0 Å². The van der Waals surface area contributed by atoms with Gasteiger partial charge in [0.15, 0.2) is 0 Å². The number of hydrogen-bond acceptors (Lipinski definition) is 4. The second-order valence-electron chi connectivity index (χ2n) is 4.84. The molecule has 1 aromatic carbocycles. The summed E-state index contributed by atoms with van der Waals surface area (Å²) in [6, 6.07) is 6.08. The van der Waals surface area contributed by atoms with Crippen LogP contribution in [0.2, 0.25) is 0 Å². The van der Waals surface area contributed by atoms with Crippen LogP contribution in [0.5, 0.6) is 5.75 Å². The molecule has 20 heavy (non-hydrogen) atoms. The number of carbonyl (C=O) groups excluding carboxylic acids is 1. The van der Waals surface area contributed by atoms with Gasteiger partial charge in [-0.15, -0.1) is 0 Å². The highest BCUT2D eigenvalue weighted by Gasteiger charge is 2.32. The summed E-state index contributed by atoms with van der Waals surface area (Å²) in [5, 5.41) is 10.3. The molecule has 1 aromatic rings. The van der Waals surface area contributed by atoms with Crippen LogP contribution >= 0.6 is 11.8 Å². The van der Waals surface area contributed by atoms with Crippen LogP contribution in [0.25, 0.3) is 0 Å². The first-order valence-electron chi connectivity index (χ1n) is 6.64. The molecule has 0 aromatic heterocycles. The van der Waals surface area contributed by atoms with Gasteiger partial charge in [0.25, 0.3) is 0 Å². The van der Waals surface area contributed by atoms with E-state index in [1.165, 1.54) is 0 Å². The van der Waals surface area contributed by atoms with Crippen molar-refractivity contribution in [3.8, 4) is 5.75 Å². The van der Waals surface area contributed by atoms with Crippen molar-refractivity contribution in [1.82, 2.24) is 9.74 Å². The maximum atomic E-state index is 12.3. The number of ether oxygens (including phenoxy) is 1. The molecule has 2 rings (SSSR count). The molecule has 2 atom stereocenters. The molecule has 1 heterocycles. The Morgan fingerprint density at radius 1 is 1.35 bits per heavy atom. The van der Waals surface area contributed by atoms with Crippen molar-refractivity contribution >= 4 is 17.7 Å². The Balaban J connectivity index is 2.10. The summed E-state index contributed by atoms with van der Waals surface area (Å²) in [6.07, 6.45) is 1.00. The molecule has 0 bridgehead atoms. The fraction of sp³-hybridized carbons (Fsp3) is 0.500. The molecule has 2 N–H and O–H groups in total. The molecule has 0 radical (unpaired) electrons. The Kier molecular flexibility index (Phi) is 5.23. The van der Waals surface area contributed by atoms with Crippen LogP contribution in [-0.4, -0.2) is 42.2 Å². The normalized spacial score (nSPS) is 17.9. The highest BCUT2D eigenvalue weighted by Crippen LogP contribution is 2.23. The minimum absolute atomic E-state index is 0.166. The van der Waals surface area contributed by atoms with E-state index in [0.29, 0.717) is 11.3 Å². The summed E-state index contributed by atoms with van der Waals surface area (Å²) in [7, 11) is 1.57. The molecular formula is C14H19ClN2O3. The zero-order valence-electron chi connectivity index (χ0n) is 11.4. The summed E-state index contributed by atoms with van der Waals surface area (Å²) in [4.78, 5) is 16.4. The summed E-state index contributed by atoms with van der Waals surface area (Å²) in [5.41, 5.74) is 0.622. The highest BCUT2D eigenvalue weighted by molar-refractivity contribution is 6.15. The van der Waals surface area contributed by atoms with E-state index in [4.69, 9.17) is 16.5 Å². The van der Waals surface area contributed by atoms with Crippen molar-refractivity contribution in [1.29, 1.82) is 0 Å². The van der Waals surface area contributed by atoms with E-state index in [0.717, 1.165) is 25.9 Å². The summed E-state index contributed by atoms with van der Waals surface area (Å²) in [5.74, 6) is 0.531. The lowest BCUT2D eigenvalue weighted by Crippen LogP contribution is -2.46. The predicted octanol–water partition coefficient (Wildman–Crippen LogP) is 1.46. The first kappa shape index (κ1) is 15.1. The van der Waals surface area contributed by atoms with E-state index in [1.54, 1.807) is 36.3 Å². The number of methoxy groups -OCH3 is 1. The van der Waals surface area contributed by atoms with Crippen molar-refractivity contribution in [2.75, 3.05) is 20.2 Å². The molecule has 6 heteroatoms. The summed E-state index contributed by atoms with van der Waals surface area (Å²) >= 11 is 5.66. The number of aliphatic hydroxyl groups is 1. The fourth-order valence-electron chi connectivity index (χ4n) is 2.37. The number of nitrogens with zero attached hydrogens (tertiary/aromatic N) is 1. The molecule has 5 nitrogen and oxygen atoms in total. The fourth-order valence-corrected chi connectivity index (χ4v) is 2.58. The third-order valence-corrected chi connectivity index (χ3v) is 3.81. The molecule has 0 spiro atoms. The molecule has 0 unspecified atom stereocenters. The Labute approximate surface area is 123 Å². The second-order valence-corrected chi connectivity index (χ2v) is 5.06. The smallest absolute Gasteiger partial charge is 0.244 e. The van der Waals surface area contributed by atoms with Crippen LogP contribution in [0.1, 0.15) is 24.5 Å². The first-order valence-corrected chi connectivity index (χ1v) is 7.02. The van der Waals surface area contributed by atoms with Gasteiger partial charge in [-0.1, -0.05) is 12.1 Å². The SMILES string of the molecule is COc1ccc([C@H](O)[C@@H](NCl)C(=O)N2CCCC2)cc1. The zero-order chi connectivity index (χ0) is 14.5. The zero-order valence-corrected chi connectivity index (χ0v) is 12.1. The molecule has 1 aliphatic heterocycles. The molecule has 1 saturated heterocycles. The monoisotopic (exact) mass is 298 g/mol. The van der Waals surface area contributed by atoms with Gasteiger partial charge in [0.1, 0.15) is 17.9 Å². The van der Waals surface area contributed by atoms with E-state index < -0.39 is 12.1 Å². The maximum absolute atomic E-state index is 12.3. The van der Waals surface area contributed by atoms with Gasteiger partial charge in [0, 0.05) is 13.1 Å². The second kappa shape index (κ2) is 6.92. The standard InChI is InChI=1S/C14H19ClN2O3/c1-20-11-6-4-10(5-7-11)13(18)12(16-15)14(19)17-8-2-3-9-17/h4-7,12-13,16,18H,2-3,8-9H2,1H3/t12-,13+/m1/s1. The van der Waals surface area contributed by atoms with Gasteiger partial charge in [0.2, 0.25) is 5.91 Å². The molecular weight excluding hydrogens is 280 g/mol. The number of amides is 1. The van der Waals surface area contributed by atoms with Gasteiger partial charge < -0.3 is 14.7 Å². The van der Waals surface area contributed by atoms with E-state index in [-0.39, 0.29) is 5.91 Å². The van der Waals surface area contributed by atoms with Crippen molar-refractivity contribution < 1.29 is 14.6 Å².